The number of nitrogens with one attached hydrogen (secondary N) is 2. The number of anilines is 1. The molecule has 0 amide bonds. The van der Waals surface area contributed by atoms with Gasteiger partial charge in [-0.15, -0.1) is 11.3 Å². The van der Waals surface area contributed by atoms with Crippen LogP contribution >= 0.6 is 11.3 Å². The second-order valence-corrected chi connectivity index (χ2v) is 10.1. The molecule has 6 rings (SSSR count). The Morgan fingerprint density at radius 2 is 1.94 bits per heavy atom. The normalized spacial score (nSPS) is 18.3. The van der Waals surface area contributed by atoms with E-state index in [4.69, 9.17) is 14.8 Å². The van der Waals surface area contributed by atoms with Gasteiger partial charge >= 0.3 is 0 Å². The smallest absolute Gasteiger partial charge is 0.195 e. The van der Waals surface area contributed by atoms with Crippen LogP contribution in [0.25, 0.3) is 10.9 Å². The summed E-state index contributed by atoms with van der Waals surface area (Å²) in [5.74, 6) is 3.01. The lowest BCUT2D eigenvalue weighted by atomic mass is 10.1. The maximum absolute atomic E-state index is 5.88. The minimum Gasteiger partial charge on any atom is -0.377 e. The van der Waals surface area contributed by atoms with Crippen molar-refractivity contribution in [2.45, 2.75) is 32.2 Å². The summed E-state index contributed by atoms with van der Waals surface area (Å²) in [4.78, 5) is 21.9. The van der Waals surface area contributed by atoms with Gasteiger partial charge in [0.1, 0.15) is 11.7 Å². The summed E-state index contributed by atoms with van der Waals surface area (Å²) in [5, 5.41) is 5.67. The maximum atomic E-state index is 5.88. The first kappa shape index (κ1) is 20.9. The van der Waals surface area contributed by atoms with E-state index in [1.807, 2.05) is 0 Å². The molecule has 0 saturated carbocycles. The van der Waals surface area contributed by atoms with Crippen LogP contribution in [0.15, 0.2) is 41.4 Å². The molecule has 3 aliphatic heterocycles. The summed E-state index contributed by atoms with van der Waals surface area (Å²) in [5.41, 5.74) is 5.51. The molecule has 8 heteroatoms. The molecule has 0 unspecified atom stereocenters. The lowest BCUT2D eigenvalue weighted by molar-refractivity contribution is 0.246. The molecular formula is C25H30N6OS. The molecule has 0 radical (unpaired) electrons. The Kier molecular flexibility index (Phi) is 5.88. The second kappa shape index (κ2) is 9.29. The fourth-order valence-electron chi connectivity index (χ4n) is 4.89. The molecule has 3 aliphatic rings. The molecule has 5 heterocycles. The molecule has 1 saturated heterocycles. The van der Waals surface area contributed by atoms with Crippen LogP contribution in [0.5, 0.6) is 5.75 Å². The Labute approximate surface area is 198 Å². The van der Waals surface area contributed by atoms with Crippen molar-refractivity contribution in [3.63, 3.8) is 0 Å². The van der Waals surface area contributed by atoms with Crippen molar-refractivity contribution in [2.24, 2.45) is 4.99 Å². The molecule has 3 aromatic rings. The van der Waals surface area contributed by atoms with E-state index in [0.29, 0.717) is 0 Å². The zero-order valence-electron chi connectivity index (χ0n) is 18.8. The first-order chi connectivity index (χ1) is 16.3. The summed E-state index contributed by atoms with van der Waals surface area (Å²) in [6.07, 6.45) is 4.25. The van der Waals surface area contributed by atoms with Crippen LogP contribution in [0.4, 0.5) is 10.8 Å². The van der Waals surface area contributed by atoms with Gasteiger partial charge in [0, 0.05) is 55.0 Å². The van der Waals surface area contributed by atoms with Crippen molar-refractivity contribution in [1.82, 2.24) is 20.7 Å². The highest BCUT2D eigenvalue weighted by Gasteiger charge is 2.25. The highest BCUT2D eigenvalue weighted by molar-refractivity contribution is 7.16. The van der Waals surface area contributed by atoms with Gasteiger partial charge in [0.25, 0.3) is 0 Å². The Bertz CT molecular complexity index is 1170. The minimum atomic E-state index is 0.932. The van der Waals surface area contributed by atoms with Crippen LogP contribution in [0.3, 0.4) is 0 Å². The van der Waals surface area contributed by atoms with Crippen molar-refractivity contribution < 1.29 is 4.84 Å². The molecule has 2 aromatic heterocycles. The van der Waals surface area contributed by atoms with Crippen LogP contribution in [0.2, 0.25) is 0 Å². The number of pyridine rings is 1. The number of amidine groups is 1. The summed E-state index contributed by atoms with van der Waals surface area (Å²) >= 11 is 1.77. The third-order valence-electron chi connectivity index (χ3n) is 6.79. The van der Waals surface area contributed by atoms with Gasteiger partial charge in [-0.3, -0.25) is 4.90 Å². The highest BCUT2D eigenvalue weighted by Crippen LogP contribution is 2.44. The second-order valence-electron chi connectivity index (χ2n) is 8.98. The van der Waals surface area contributed by atoms with Crippen molar-refractivity contribution in [3.05, 3.63) is 46.8 Å². The molecule has 2 N–H and O–H groups in total. The molecule has 0 aliphatic carbocycles. The number of benzene rings is 1. The molecule has 0 spiro atoms. The Balaban J connectivity index is 0.962. The summed E-state index contributed by atoms with van der Waals surface area (Å²) < 4.78 is 0. The molecule has 7 nitrogen and oxygen atoms in total. The maximum Gasteiger partial charge on any atom is 0.195 e. The van der Waals surface area contributed by atoms with E-state index in [9.17, 15) is 0 Å². The van der Waals surface area contributed by atoms with E-state index in [1.54, 1.807) is 11.3 Å². The lowest BCUT2D eigenvalue weighted by Crippen LogP contribution is -2.46. The highest BCUT2D eigenvalue weighted by atomic mass is 32.1. The third-order valence-corrected chi connectivity index (χ3v) is 7.89. The Hall–Kier alpha value is -2.68. The average molecular weight is 463 g/mol. The molecule has 0 bridgehead atoms. The van der Waals surface area contributed by atoms with Gasteiger partial charge < -0.3 is 15.1 Å². The SMILES string of the molecule is c1ccc2nc(N3CCN(CCCCC4=Nc5sc6c(c5ON4)CCNC6)CC3)ccc2c1. The number of hydrogen-bond acceptors (Lipinski definition) is 8. The predicted octanol–water partition coefficient (Wildman–Crippen LogP) is 3.86. The topological polar surface area (TPSA) is 65.0 Å². The van der Waals surface area contributed by atoms with E-state index in [1.165, 1.54) is 22.2 Å². The third kappa shape index (κ3) is 4.43. The number of piperazine rings is 1. The zero-order valence-corrected chi connectivity index (χ0v) is 19.7. The molecule has 0 atom stereocenters. The Morgan fingerprint density at radius 3 is 2.88 bits per heavy atom. The van der Waals surface area contributed by atoms with Crippen LogP contribution in [0.1, 0.15) is 29.7 Å². The number of aliphatic imine (C=N–C) groups is 1. The van der Waals surface area contributed by atoms with Crippen molar-refractivity contribution in [1.29, 1.82) is 0 Å². The molecule has 1 aromatic carbocycles. The van der Waals surface area contributed by atoms with Gasteiger partial charge in [0.15, 0.2) is 10.8 Å². The number of nitrogens with zero attached hydrogens (tertiary/aromatic N) is 4. The number of hydroxylamine groups is 1. The van der Waals surface area contributed by atoms with Crippen molar-refractivity contribution in [2.75, 3.05) is 44.2 Å². The standard InChI is InChI=1S/C25H30N6OS/c1-2-6-20-18(5-1)8-9-23(27-20)31-15-13-30(14-16-31)12-4-3-7-22-28-25-24(32-29-22)19-10-11-26-17-21(19)33-25/h1-2,5-6,8-9,26H,3-4,7,10-17H2,(H,28,29). The van der Waals surface area contributed by atoms with Crippen LogP contribution in [-0.4, -0.2) is 55.0 Å². The first-order valence-corrected chi connectivity index (χ1v) is 12.8. The van der Waals surface area contributed by atoms with E-state index < -0.39 is 0 Å². The fourth-order valence-corrected chi connectivity index (χ4v) is 6.03. The van der Waals surface area contributed by atoms with E-state index in [-0.39, 0.29) is 0 Å². The summed E-state index contributed by atoms with van der Waals surface area (Å²) in [6, 6.07) is 12.7. The zero-order chi connectivity index (χ0) is 22.0. The van der Waals surface area contributed by atoms with E-state index >= 15 is 0 Å². The van der Waals surface area contributed by atoms with Crippen molar-refractivity contribution in [3.8, 4) is 5.75 Å². The van der Waals surface area contributed by atoms with Crippen LogP contribution in [0, 0.1) is 0 Å². The predicted molar refractivity (Wildman–Crippen MR) is 135 cm³/mol. The number of thiophene rings is 1. The van der Waals surface area contributed by atoms with Gasteiger partial charge in [0.05, 0.1) is 5.52 Å². The molecule has 33 heavy (non-hydrogen) atoms. The fraction of sp³-hybridized carbons (Fsp3) is 0.440. The number of hydrogen-bond donors (Lipinski definition) is 2. The number of aromatic nitrogens is 1. The number of unbranched alkanes of at least 4 members (excludes halogenated alkanes) is 1. The number of rotatable bonds is 6. The van der Waals surface area contributed by atoms with E-state index in [0.717, 1.165) is 93.0 Å². The van der Waals surface area contributed by atoms with Gasteiger partial charge in [-0.05, 0) is 50.6 Å². The average Bonchev–Trinajstić information content (AvgIpc) is 3.24. The lowest BCUT2D eigenvalue weighted by Gasteiger charge is -2.35. The van der Waals surface area contributed by atoms with Gasteiger partial charge in [0.2, 0.25) is 0 Å². The van der Waals surface area contributed by atoms with Gasteiger partial charge in [-0.25, -0.2) is 15.5 Å². The summed E-state index contributed by atoms with van der Waals surface area (Å²) in [7, 11) is 0. The number of para-hydroxylation sites is 1. The van der Waals surface area contributed by atoms with Crippen molar-refractivity contribution >= 4 is 38.9 Å². The molecular weight excluding hydrogens is 432 g/mol. The number of fused-ring (bicyclic) bond motifs is 4. The van der Waals surface area contributed by atoms with Crippen LogP contribution < -0.4 is 20.5 Å². The summed E-state index contributed by atoms with van der Waals surface area (Å²) in [6.45, 7) is 7.35. The van der Waals surface area contributed by atoms with E-state index in [2.05, 4.69) is 57.0 Å². The quantitative estimate of drug-likeness (QED) is 0.543. The van der Waals surface area contributed by atoms with Gasteiger partial charge in [-0.2, -0.15) is 0 Å². The van der Waals surface area contributed by atoms with Gasteiger partial charge in [-0.1, -0.05) is 18.2 Å². The Morgan fingerprint density at radius 1 is 1.03 bits per heavy atom. The minimum absolute atomic E-state index is 0.932. The molecule has 172 valence electrons. The largest absolute Gasteiger partial charge is 0.377 e. The van der Waals surface area contributed by atoms with Crippen LogP contribution in [-0.2, 0) is 13.0 Å². The monoisotopic (exact) mass is 462 g/mol. The molecule has 1 fully saturated rings. The first-order valence-electron chi connectivity index (χ1n) is 12.0.